The smallest absolute Gasteiger partial charge is 0.396 e. The molecule has 6 nitrogen and oxygen atoms in total. The van der Waals surface area contributed by atoms with Gasteiger partial charge >= 0.3 is 23.7 Å². The fourth-order valence-electron chi connectivity index (χ4n) is 3.24. The van der Waals surface area contributed by atoms with Gasteiger partial charge in [-0.25, -0.2) is 0 Å². The molecule has 0 bridgehead atoms. The number of nitrogens with one attached hydrogen (secondary N) is 2. The van der Waals surface area contributed by atoms with Gasteiger partial charge in [-0.2, -0.15) is 17.6 Å². The highest BCUT2D eigenvalue weighted by molar-refractivity contribution is 6.06. The minimum absolute atomic E-state index is 0.0670. The summed E-state index contributed by atoms with van der Waals surface area (Å²) in [6.07, 6.45) is 0. The van der Waals surface area contributed by atoms with Crippen LogP contribution in [0.5, 0.6) is 23.0 Å². The molecule has 4 aromatic carbocycles. The van der Waals surface area contributed by atoms with Gasteiger partial charge in [0.15, 0.2) is 11.5 Å². The van der Waals surface area contributed by atoms with E-state index in [-0.39, 0.29) is 22.9 Å². The van der Waals surface area contributed by atoms with Crippen molar-refractivity contribution in [2.24, 2.45) is 0 Å². The Bertz CT molecular complexity index is 1310. The molecule has 2 amide bonds. The number of carbonyl (C=O) groups excluding carboxylic acids is 2. The Morgan fingerprint density at radius 3 is 1.18 bits per heavy atom. The molecule has 0 aliphatic rings. The van der Waals surface area contributed by atoms with Gasteiger partial charge in [0.25, 0.3) is 0 Å². The van der Waals surface area contributed by atoms with Gasteiger partial charge < -0.3 is 20.1 Å². The van der Waals surface area contributed by atoms with Crippen molar-refractivity contribution in [3.63, 3.8) is 0 Å². The molecule has 4 aromatic rings. The Kier molecular flexibility index (Phi) is 7.61. The van der Waals surface area contributed by atoms with Crippen LogP contribution in [0.25, 0.3) is 0 Å². The first-order chi connectivity index (χ1) is 18.2. The zero-order valence-electron chi connectivity index (χ0n) is 19.5. The van der Waals surface area contributed by atoms with Crippen molar-refractivity contribution in [1.29, 1.82) is 0 Å². The third kappa shape index (κ3) is 5.75. The van der Waals surface area contributed by atoms with Gasteiger partial charge in [-0.1, -0.05) is 60.7 Å². The first kappa shape index (κ1) is 26.2. The largest absolute Gasteiger partial charge is 0.455 e. The lowest BCUT2D eigenvalue weighted by molar-refractivity contribution is -0.204. The Labute approximate surface area is 214 Å². The monoisotopic (exact) mass is 524 g/mol. The molecular formula is C28H20F4N2O4. The van der Waals surface area contributed by atoms with Crippen LogP contribution in [0.3, 0.4) is 0 Å². The lowest BCUT2D eigenvalue weighted by atomic mass is 10.1. The number of amides is 2. The van der Waals surface area contributed by atoms with Crippen molar-refractivity contribution < 1.29 is 36.6 Å². The van der Waals surface area contributed by atoms with Gasteiger partial charge in [0.1, 0.15) is 11.5 Å². The third-order valence-electron chi connectivity index (χ3n) is 5.18. The Balaban J connectivity index is 1.51. The third-order valence-corrected chi connectivity index (χ3v) is 5.18. The molecule has 0 saturated heterocycles. The molecular weight excluding hydrogens is 504 g/mol. The summed E-state index contributed by atoms with van der Waals surface area (Å²) >= 11 is 0. The first-order valence-corrected chi connectivity index (χ1v) is 11.2. The van der Waals surface area contributed by atoms with Gasteiger partial charge in [-0.05, 0) is 48.5 Å². The van der Waals surface area contributed by atoms with Gasteiger partial charge in [0.2, 0.25) is 0 Å². The number of halogens is 4. The van der Waals surface area contributed by atoms with Crippen molar-refractivity contribution in [3.05, 3.63) is 109 Å². The summed E-state index contributed by atoms with van der Waals surface area (Å²) in [6, 6.07) is 27.3. The van der Waals surface area contributed by atoms with Gasteiger partial charge in [-0.15, -0.1) is 0 Å². The molecule has 0 aliphatic carbocycles. The van der Waals surface area contributed by atoms with E-state index >= 15 is 0 Å². The Hall–Kier alpha value is -4.86. The second-order valence-electron chi connectivity index (χ2n) is 7.88. The van der Waals surface area contributed by atoms with E-state index in [9.17, 15) is 27.2 Å². The molecule has 194 valence electrons. The number of hydrogen-bond donors (Lipinski definition) is 2. The number of carbonyl (C=O) groups is 2. The second-order valence-corrected chi connectivity index (χ2v) is 7.88. The summed E-state index contributed by atoms with van der Waals surface area (Å²) in [4.78, 5) is 24.7. The van der Waals surface area contributed by atoms with Gasteiger partial charge in [0, 0.05) is 0 Å². The van der Waals surface area contributed by atoms with Crippen molar-refractivity contribution in [1.82, 2.24) is 0 Å². The minimum Gasteiger partial charge on any atom is -0.455 e. The predicted octanol–water partition coefficient (Wildman–Crippen LogP) is 7.12. The highest BCUT2D eigenvalue weighted by Gasteiger charge is 2.67. The molecule has 0 atom stereocenters. The molecule has 0 fully saturated rings. The summed E-state index contributed by atoms with van der Waals surface area (Å²) in [6.45, 7) is 0. The minimum atomic E-state index is -5.42. The van der Waals surface area contributed by atoms with Crippen LogP contribution >= 0.6 is 0 Å². The maximum Gasteiger partial charge on any atom is 0.396 e. The van der Waals surface area contributed by atoms with Crippen LogP contribution in [0.2, 0.25) is 0 Å². The Morgan fingerprint density at radius 2 is 0.816 bits per heavy atom. The number of hydrogen-bond acceptors (Lipinski definition) is 4. The Morgan fingerprint density at radius 1 is 0.500 bits per heavy atom. The fraction of sp³-hybridized carbons (Fsp3) is 0.0714. The van der Waals surface area contributed by atoms with Crippen molar-refractivity contribution >= 4 is 23.2 Å². The quantitative estimate of drug-likeness (QED) is 0.229. The molecule has 2 N–H and O–H groups in total. The number of anilines is 2. The van der Waals surface area contributed by atoms with E-state index in [4.69, 9.17) is 9.47 Å². The summed E-state index contributed by atoms with van der Waals surface area (Å²) in [5, 5.41) is 3.48. The number of ether oxygens (including phenoxy) is 2. The fourth-order valence-corrected chi connectivity index (χ4v) is 3.24. The summed E-state index contributed by atoms with van der Waals surface area (Å²) < 4.78 is 70.1. The highest BCUT2D eigenvalue weighted by atomic mass is 19.3. The topological polar surface area (TPSA) is 76.7 Å². The normalized spacial score (nSPS) is 11.4. The van der Waals surface area contributed by atoms with E-state index in [0.29, 0.717) is 11.5 Å². The molecule has 0 radical (unpaired) electrons. The van der Waals surface area contributed by atoms with Gasteiger partial charge in [0.05, 0.1) is 11.4 Å². The number of rotatable bonds is 9. The van der Waals surface area contributed by atoms with Gasteiger partial charge in [-0.3, -0.25) is 9.59 Å². The van der Waals surface area contributed by atoms with E-state index in [1.54, 1.807) is 71.3 Å². The lowest BCUT2D eigenvalue weighted by Crippen LogP contribution is -2.56. The first-order valence-electron chi connectivity index (χ1n) is 11.2. The van der Waals surface area contributed by atoms with Crippen LogP contribution in [0, 0.1) is 0 Å². The average Bonchev–Trinajstić information content (AvgIpc) is 2.92. The zero-order valence-corrected chi connectivity index (χ0v) is 19.5. The van der Waals surface area contributed by atoms with Crippen LogP contribution in [-0.4, -0.2) is 23.7 Å². The van der Waals surface area contributed by atoms with Crippen LogP contribution in [0.15, 0.2) is 109 Å². The van der Waals surface area contributed by atoms with E-state index in [1.165, 1.54) is 48.5 Å². The van der Waals surface area contributed by atoms with Crippen molar-refractivity contribution in [3.8, 4) is 23.0 Å². The highest BCUT2D eigenvalue weighted by Crippen LogP contribution is 2.39. The van der Waals surface area contributed by atoms with E-state index in [1.807, 2.05) is 0 Å². The van der Waals surface area contributed by atoms with Crippen LogP contribution in [-0.2, 0) is 9.59 Å². The molecule has 0 aliphatic heterocycles. The van der Waals surface area contributed by atoms with Crippen LogP contribution < -0.4 is 20.1 Å². The summed E-state index contributed by atoms with van der Waals surface area (Å²) in [7, 11) is 0. The SMILES string of the molecule is O=C(Nc1ccccc1Oc1ccccc1)C(F)(F)C(F)(F)C(=O)Nc1ccccc1Oc1ccccc1. The van der Waals surface area contributed by atoms with E-state index < -0.39 is 23.7 Å². The van der Waals surface area contributed by atoms with Crippen LogP contribution in [0.4, 0.5) is 28.9 Å². The standard InChI is InChI=1S/C28H20F4N2O4/c29-27(30,25(35)33-21-15-7-9-17-23(21)37-19-11-3-1-4-12-19)28(31,32)26(36)34-22-16-8-10-18-24(22)38-20-13-5-2-6-14-20/h1-18H,(H,33,35)(H,34,36). The lowest BCUT2D eigenvalue weighted by Gasteiger charge is -2.25. The second kappa shape index (κ2) is 11.0. The molecule has 10 heteroatoms. The molecule has 0 aromatic heterocycles. The summed E-state index contributed by atoms with van der Waals surface area (Å²) in [5.74, 6) is -15.1. The number of alkyl halides is 4. The molecule has 0 unspecified atom stereocenters. The molecule has 0 spiro atoms. The zero-order chi connectivity index (χ0) is 27.2. The predicted molar refractivity (Wildman–Crippen MR) is 133 cm³/mol. The summed E-state index contributed by atoms with van der Waals surface area (Å²) in [5.41, 5.74) is -0.585. The molecule has 4 rings (SSSR count). The van der Waals surface area contributed by atoms with Crippen molar-refractivity contribution in [2.75, 3.05) is 10.6 Å². The molecule has 0 heterocycles. The molecule has 0 saturated carbocycles. The number of benzene rings is 4. The average molecular weight is 524 g/mol. The van der Waals surface area contributed by atoms with Crippen LogP contribution in [0.1, 0.15) is 0 Å². The van der Waals surface area contributed by atoms with E-state index in [2.05, 4.69) is 0 Å². The maximum atomic E-state index is 14.7. The number of para-hydroxylation sites is 6. The van der Waals surface area contributed by atoms with E-state index in [0.717, 1.165) is 0 Å². The maximum absolute atomic E-state index is 14.7. The van der Waals surface area contributed by atoms with Crippen molar-refractivity contribution in [2.45, 2.75) is 11.8 Å². The molecule has 38 heavy (non-hydrogen) atoms.